The summed E-state index contributed by atoms with van der Waals surface area (Å²) in [5.41, 5.74) is 1.18. The summed E-state index contributed by atoms with van der Waals surface area (Å²) in [6, 6.07) is 7.93. The predicted molar refractivity (Wildman–Crippen MR) is 71.9 cm³/mol. The summed E-state index contributed by atoms with van der Waals surface area (Å²) >= 11 is 0. The number of nitrogens with one attached hydrogen (secondary N) is 1. The molecule has 1 fully saturated rings. The topological polar surface area (TPSA) is 38.3 Å². The highest BCUT2D eigenvalue weighted by atomic mass is 16.5. The van der Waals surface area contributed by atoms with Gasteiger partial charge in [-0.15, -0.1) is 0 Å². The minimum Gasteiger partial charge on any atom is -0.493 e. The molecule has 98 valence electrons. The van der Waals surface area contributed by atoms with E-state index in [0.717, 1.165) is 31.7 Å². The molecule has 1 unspecified atom stereocenters. The van der Waals surface area contributed by atoms with Crippen LogP contribution in [-0.2, 0) is 4.79 Å². The second kappa shape index (κ2) is 6.55. The Kier molecular flexibility index (Phi) is 4.76. The van der Waals surface area contributed by atoms with Gasteiger partial charge in [-0.25, -0.2) is 0 Å². The number of benzene rings is 1. The van der Waals surface area contributed by atoms with Crippen molar-refractivity contribution in [2.75, 3.05) is 19.7 Å². The highest BCUT2D eigenvalue weighted by Gasteiger charge is 2.20. The van der Waals surface area contributed by atoms with Gasteiger partial charge in [-0.3, -0.25) is 4.79 Å². The molecule has 2 rings (SSSR count). The molecule has 0 amide bonds. The molecule has 0 saturated carbocycles. The average molecular weight is 247 g/mol. The van der Waals surface area contributed by atoms with Crippen molar-refractivity contribution in [2.45, 2.75) is 26.2 Å². The fourth-order valence-electron chi connectivity index (χ4n) is 2.31. The van der Waals surface area contributed by atoms with Crippen LogP contribution in [0.2, 0.25) is 0 Å². The van der Waals surface area contributed by atoms with E-state index in [2.05, 4.69) is 5.32 Å². The molecular weight excluding hydrogens is 226 g/mol. The molecule has 1 saturated heterocycles. The molecular formula is C15H21NO2. The number of hydrogen-bond acceptors (Lipinski definition) is 3. The van der Waals surface area contributed by atoms with Crippen LogP contribution in [0.3, 0.4) is 0 Å². The monoisotopic (exact) mass is 247 g/mol. The second-order valence-corrected chi connectivity index (χ2v) is 4.92. The molecule has 3 nitrogen and oxygen atoms in total. The zero-order valence-corrected chi connectivity index (χ0v) is 10.9. The zero-order valence-electron chi connectivity index (χ0n) is 10.9. The van der Waals surface area contributed by atoms with E-state index < -0.39 is 0 Å². The summed E-state index contributed by atoms with van der Waals surface area (Å²) in [7, 11) is 0. The number of ether oxygens (including phenoxy) is 1. The highest BCUT2D eigenvalue weighted by molar-refractivity contribution is 5.81. The number of carbonyl (C=O) groups excluding carboxylic acids is 1. The van der Waals surface area contributed by atoms with Crippen LogP contribution in [0.5, 0.6) is 5.75 Å². The van der Waals surface area contributed by atoms with Gasteiger partial charge in [0.05, 0.1) is 6.61 Å². The molecule has 18 heavy (non-hydrogen) atoms. The third-order valence-corrected chi connectivity index (χ3v) is 3.36. The lowest BCUT2D eigenvalue weighted by Crippen LogP contribution is -2.34. The molecule has 1 aromatic carbocycles. The number of piperidine rings is 1. The zero-order chi connectivity index (χ0) is 12.8. The van der Waals surface area contributed by atoms with Crippen molar-refractivity contribution in [3.05, 3.63) is 29.8 Å². The van der Waals surface area contributed by atoms with Gasteiger partial charge in [-0.2, -0.15) is 0 Å². The summed E-state index contributed by atoms with van der Waals surface area (Å²) in [6.07, 6.45) is 2.64. The number of Topliss-reactive ketones (excluding diaryl/α,β-unsaturated/α-hetero) is 1. The van der Waals surface area contributed by atoms with Crippen LogP contribution < -0.4 is 10.1 Å². The van der Waals surface area contributed by atoms with E-state index in [1.54, 1.807) is 0 Å². The van der Waals surface area contributed by atoms with E-state index in [4.69, 9.17) is 4.74 Å². The molecule has 1 atom stereocenters. The van der Waals surface area contributed by atoms with Crippen LogP contribution in [0.15, 0.2) is 24.3 Å². The van der Waals surface area contributed by atoms with Crippen LogP contribution in [0.1, 0.15) is 24.8 Å². The van der Waals surface area contributed by atoms with Crippen molar-refractivity contribution in [1.82, 2.24) is 5.32 Å². The summed E-state index contributed by atoms with van der Waals surface area (Å²) in [4.78, 5) is 11.9. The maximum atomic E-state index is 11.9. The molecule has 1 heterocycles. The predicted octanol–water partition coefficient (Wildman–Crippen LogP) is 2.33. The number of carbonyl (C=O) groups is 1. The summed E-state index contributed by atoms with van der Waals surface area (Å²) in [5, 5.41) is 3.27. The molecule has 1 aliphatic rings. The lowest BCUT2D eigenvalue weighted by Gasteiger charge is -2.21. The SMILES string of the molecule is Cc1cccc(OCCC(=O)C2CCCNC2)c1. The first-order valence-electron chi connectivity index (χ1n) is 6.68. The average Bonchev–Trinajstić information content (AvgIpc) is 2.40. The molecule has 1 aromatic rings. The molecule has 0 radical (unpaired) electrons. The van der Waals surface area contributed by atoms with Crippen LogP contribution in [0, 0.1) is 12.8 Å². The van der Waals surface area contributed by atoms with Gasteiger partial charge >= 0.3 is 0 Å². The number of rotatable bonds is 5. The Balaban J connectivity index is 1.73. The van der Waals surface area contributed by atoms with Crippen molar-refractivity contribution >= 4 is 5.78 Å². The first kappa shape index (κ1) is 13.1. The maximum absolute atomic E-state index is 11.9. The Morgan fingerprint density at radius 1 is 1.50 bits per heavy atom. The summed E-state index contributed by atoms with van der Waals surface area (Å²) < 4.78 is 5.61. The molecule has 0 spiro atoms. The summed E-state index contributed by atoms with van der Waals surface area (Å²) in [5.74, 6) is 1.37. The molecule has 0 aromatic heterocycles. The molecule has 3 heteroatoms. The van der Waals surface area contributed by atoms with E-state index in [-0.39, 0.29) is 5.92 Å². The van der Waals surface area contributed by atoms with Gasteiger partial charge in [0.1, 0.15) is 11.5 Å². The van der Waals surface area contributed by atoms with Crippen LogP contribution >= 0.6 is 0 Å². The Labute approximate surface area is 109 Å². The smallest absolute Gasteiger partial charge is 0.140 e. The minimum absolute atomic E-state index is 0.194. The number of hydrogen-bond donors (Lipinski definition) is 1. The van der Waals surface area contributed by atoms with Crippen molar-refractivity contribution in [1.29, 1.82) is 0 Å². The van der Waals surface area contributed by atoms with Crippen molar-refractivity contribution in [3.63, 3.8) is 0 Å². The lowest BCUT2D eigenvalue weighted by molar-refractivity contribution is -0.123. The Morgan fingerprint density at radius 3 is 3.11 bits per heavy atom. The van der Waals surface area contributed by atoms with Gasteiger partial charge in [0.15, 0.2) is 0 Å². The third-order valence-electron chi connectivity index (χ3n) is 3.36. The van der Waals surface area contributed by atoms with Gasteiger partial charge in [0.2, 0.25) is 0 Å². The van der Waals surface area contributed by atoms with Crippen LogP contribution in [0.4, 0.5) is 0 Å². The van der Waals surface area contributed by atoms with Crippen molar-refractivity contribution in [2.24, 2.45) is 5.92 Å². The largest absolute Gasteiger partial charge is 0.493 e. The third kappa shape index (κ3) is 3.84. The molecule has 1 aliphatic heterocycles. The van der Waals surface area contributed by atoms with Gasteiger partial charge in [-0.1, -0.05) is 12.1 Å². The van der Waals surface area contributed by atoms with E-state index in [1.165, 1.54) is 5.56 Å². The number of aryl methyl sites for hydroxylation is 1. The van der Waals surface area contributed by atoms with Crippen molar-refractivity contribution in [3.8, 4) is 5.75 Å². The minimum atomic E-state index is 0.194. The quantitative estimate of drug-likeness (QED) is 0.868. The van der Waals surface area contributed by atoms with E-state index in [9.17, 15) is 4.79 Å². The van der Waals surface area contributed by atoms with Crippen molar-refractivity contribution < 1.29 is 9.53 Å². The second-order valence-electron chi connectivity index (χ2n) is 4.92. The van der Waals surface area contributed by atoms with Gasteiger partial charge in [0.25, 0.3) is 0 Å². The summed E-state index contributed by atoms with van der Waals surface area (Å²) in [6.45, 7) is 4.40. The lowest BCUT2D eigenvalue weighted by atomic mass is 9.94. The fraction of sp³-hybridized carbons (Fsp3) is 0.533. The number of ketones is 1. The standard InChI is InChI=1S/C15H21NO2/c1-12-4-2-6-14(10-12)18-9-7-15(17)13-5-3-8-16-11-13/h2,4,6,10,13,16H,3,5,7-9,11H2,1H3. The van der Waals surface area contributed by atoms with Gasteiger partial charge in [0, 0.05) is 18.9 Å². The first-order valence-corrected chi connectivity index (χ1v) is 6.68. The van der Waals surface area contributed by atoms with Gasteiger partial charge < -0.3 is 10.1 Å². The molecule has 0 aliphatic carbocycles. The highest BCUT2D eigenvalue weighted by Crippen LogP contribution is 2.15. The van der Waals surface area contributed by atoms with E-state index in [0.29, 0.717) is 18.8 Å². The molecule has 1 N–H and O–H groups in total. The Morgan fingerprint density at radius 2 is 2.39 bits per heavy atom. The van der Waals surface area contributed by atoms with Crippen LogP contribution in [-0.4, -0.2) is 25.5 Å². The fourth-order valence-corrected chi connectivity index (χ4v) is 2.31. The van der Waals surface area contributed by atoms with Gasteiger partial charge in [-0.05, 0) is 44.0 Å². The van der Waals surface area contributed by atoms with Crippen LogP contribution in [0.25, 0.3) is 0 Å². The van der Waals surface area contributed by atoms with E-state index in [1.807, 2.05) is 31.2 Å². The van der Waals surface area contributed by atoms with E-state index >= 15 is 0 Å². The Bertz CT molecular complexity index is 397. The maximum Gasteiger partial charge on any atom is 0.140 e. The normalized spacial score (nSPS) is 19.5. The first-order chi connectivity index (χ1) is 8.75. The molecule has 0 bridgehead atoms. The Hall–Kier alpha value is -1.35.